The van der Waals surface area contributed by atoms with E-state index in [1.54, 1.807) is 42.5 Å². The summed E-state index contributed by atoms with van der Waals surface area (Å²) in [6.07, 6.45) is 0.529. The summed E-state index contributed by atoms with van der Waals surface area (Å²) in [4.78, 5) is 13.1. The van der Waals surface area contributed by atoms with Gasteiger partial charge in [-0.25, -0.2) is 12.7 Å². The molecule has 0 radical (unpaired) electrons. The summed E-state index contributed by atoms with van der Waals surface area (Å²) in [5.74, 6) is 0.131. The maximum Gasteiger partial charge on any atom is 0.270 e. The number of amides is 1. The molecule has 1 amide bonds. The summed E-state index contributed by atoms with van der Waals surface area (Å²) in [5, 5.41) is 0. The van der Waals surface area contributed by atoms with Crippen molar-refractivity contribution in [3.63, 3.8) is 0 Å². The van der Waals surface area contributed by atoms with Gasteiger partial charge in [-0.2, -0.15) is 0 Å². The van der Waals surface area contributed by atoms with Crippen LogP contribution in [0.25, 0.3) is 0 Å². The third kappa shape index (κ3) is 5.03. The second kappa shape index (κ2) is 9.39. The molecule has 0 saturated carbocycles. The standard InChI is InChI=1S/C23H23NO4S/c1-2-28-21-16-14-20(15-17-21)24(29(26,27)22-11-7-4-8-12-22)23(25)18-13-19-9-5-3-6-10-19/h3-12,14-17H,2,13,18H2,1H3. The summed E-state index contributed by atoms with van der Waals surface area (Å²) in [6, 6.07) is 24.0. The maximum absolute atomic E-state index is 13.3. The van der Waals surface area contributed by atoms with Crippen molar-refractivity contribution in [2.45, 2.75) is 24.7 Å². The Labute approximate surface area is 171 Å². The molecule has 3 aromatic rings. The van der Waals surface area contributed by atoms with E-state index in [0.29, 0.717) is 18.8 Å². The zero-order valence-electron chi connectivity index (χ0n) is 16.2. The second-order valence-electron chi connectivity index (χ2n) is 6.39. The molecule has 0 aliphatic heterocycles. The van der Waals surface area contributed by atoms with E-state index in [4.69, 9.17) is 4.74 Å². The minimum absolute atomic E-state index is 0.0712. The van der Waals surface area contributed by atoms with Gasteiger partial charge in [-0.3, -0.25) is 4.79 Å². The molecule has 150 valence electrons. The molecule has 5 nitrogen and oxygen atoms in total. The van der Waals surface area contributed by atoms with Crippen LogP contribution in [0, 0.1) is 0 Å². The third-order valence-corrected chi connectivity index (χ3v) is 6.12. The molecule has 6 heteroatoms. The topological polar surface area (TPSA) is 63.7 Å². The van der Waals surface area contributed by atoms with Gasteiger partial charge in [0, 0.05) is 6.42 Å². The lowest BCUT2D eigenvalue weighted by molar-refractivity contribution is -0.117. The molecule has 0 heterocycles. The molecule has 0 bridgehead atoms. The van der Waals surface area contributed by atoms with Gasteiger partial charge in [-0.1, -0.05) is 48.5 Å². The number of anilines is 1. The van der Waals surface area contributed by atoms with Crippen LogP contribution in [0.5, 0.6) is 5.75 Å². The number of rotatable bonds is 8. The van der Waals surface area contributed by atoms with Gasteiger partial charge in [-0.15, -0.1) is 0 Å². The number of carbonyl (C=O) groups is 1. The predicted octanol–water partition coefficient (Wildman–Crippen LogP) is 4.44. The van der Waals surface area contributed by atoms with Crippen molar-refractivity contribution >= 4 is 21.6 Å². The maximum atomic E-state index is 13.3. The van der Waals surface area contributed by atoms with Crippen molar-refractivity contribution in [1.29, 1.82) is 0 Å². The molecule has 0 N–H and O–H groups in total. The van der Waals surface area contributed by atoms with E-state index in [-0.39, 0.29) is 17.0 Å². The molecular formula is C23H23NO4S. The fourth-order valence-corrected chi connectivity index (χ4v) is 4.43. The molecule has 0 saturated heterocycles. The van der Waals surface area contributed by atoms with E-state index in [9.17, 15) is 13.2 Å². The monoisotopic (exact) mass is 409 g/mol. The van der Waals surface area contributed by atoms with E-state index < -0.39 is 15.9 Å². The first-order chi connectivity index (χ1) is 14.0. The Hall–Kier alpha value is -3.12. The van der Waals surface area contributed by atoms with Gasteiger partial charge in [-0.05, 0) is 55.3 Å². The van der Waals surface area contributed by atoms with Gasteiger partial charge in [0.15, 0.2) is 0 Å². The number of ether oxygens (including phenoxy) is 1. The van der Waals surface area contributed by atoms with Crippen molar-refractivity contribution in [1.82, 2.24) is 0 Å². The molecule has 0 fully saturated rings. The van der Waals surface area contributed by atoms with Crippen LogP contribution < -0.4 is 9.04 Å². The molecule has 3 rings (SSSR count). The van der Waals surface area contributed by atoms with E-state index in [1.807, 2.05) is 37.3 Å². The Kier molecular flexibility index (Phi) is 6.67. The van der Waals surface area contributed by atoms with Crippen molar-refractivity contribution in [2.24, 2.45) is 0 Å². The fourth-order valence-electron chi connectivity index (χ4n) is 2.96. The minimum atomic E-state index is -4.04. The van der Waals surface area contributed by atoms with Gasteiger partial charge in [0.25, 0.3) is 10.0 Å². The highest BCUT2D eigenvalue weighted by atomic mass is 32.2. The molecule has 0 aliphatic rings. The number of carbonyl (C=O) groups excluding carboxylic acids is 1. The molecule has 3 aromatic carbocycles. The van der Waals surface area contributed by atoms with Gasteiger partial charge in [0.05, 0.1) is 17.2 Å². The first-order valence-corrected chi connectivity index (χ1v) is 10.9. The Morgan fingerprint density at radius 2 is 1.45 bits per heavy atom. The van der Waals surface area contributed by atoms with Crippen LogP contribution in [-0.2, 0) is 21.2 Å². The number of nitrogens with zero attached hydrogens (tertiary/aromatic N) is 1. The number of aryl methyl sites for hydroxylation is 1. The summed E-state index contributed by atoms with van der Waals surface area (Å²) < 4.78 is 32.9. The van der Waals surface area contributed by atoms with Gasteiger partial charge in [0.2, 0.25) is 5.91 Å². The predicted molar refractivity (Wildman–Crippen MR) is 113 cm³/mol. The molecule has 0 atom stereocenters. The zero-order chi connectivity index (χ0) is 20.7. The minimum Gasteiger partial charge on any atom is -0.494 e. The van der Waals surface area contributed by atoms with Crippen LogP contribution in [0.15, 0.2) is 89.8 Å². The first kappa shape index (κ1) is 20.6. The molecule has 0 spiro atoms. The second-order valence-corrected chi connectivity index (χ2v) is 8.18. The largest absolute Gasteiger partial charge is 0.494 e. The fraction of sp³-hybridized carbons (Fsp3) is 0.174. The van der Waals surface area contributed by atoms with Gasteiger partial charge < -0.3 is 4.74 Å². The van der Waals surface area contributed by atoms with Crippen LogP contribution in [0.1, 0.15) is 18.9 Å². The highest BCUT2D eigenvalue weighted by Gasteiger charge is 2.30. The Balaban J connectivity index is 1.93. The van der Waals surface area contributed by atoms with Crippen LogP contribution in [0.2, 0.25) is 0 Å². The number of benzene rings is 3. The quantitative estimate of drug-likeness (QED) is 0.552. The molecular weight excluding hydrogens is 386 g/mol. The van der Waals surface area contributed by atoms with E-state index >= 15 is 0 Å². The summed E-state index contributed by atoms with van der Waals surface area (Å²) in [7, 11) is -4.04. The lowest BCUT2D eigenvalue weighted by atomic mass is 10.1. The highest BCUT2D eigenvalue weighted by Crippen LogP contribution is 2.27. The van der Waals surface area contributed by atoms with Crippen LogP contribution in [-0.4, -0.2) is 20.9 Å². The van der Waals surface area contributed by atoms with Gasteiger partial charge >= 0.3 is 0 Å². The smallest absolute Gasteiger partial charge is 0.270 e. The highest BCUT2D eigenvalue weighted by molar-refractivity contribution is 7.93. The van der Waals surface area contributed by atoms with Crippen LogP contribution in [0.3, 0.4) is 0 Å². The summed E-state index contributed by atoms with van der Waals surface area (Å²) >= 11 is 0. The van der Waals surface area contributed by atoms with Gasteiger partial charge in [0.1, 0.15) is 5.75 Å². The zero-order valence-corrected chi connectivity index (χ0v) is 17.0. The average molecular weight is 410 g/mol. The Morgan fingerprint density at radius 1 is 0.862 bits per heavy atom. The van der Waals surface area contributed by atoms with E-state index in [1.165, 1.54) is 12.1 Å². The van der Waals surface area contributed by atoms with Crippen molar-refractivity contribution in [3.05, 3.63) is 90.5 Å². The Morgan fingerprint density at radius 3 is 2.03 bits per heavy atom. The molecule has 0 aromatic heterocycles. The van der Waals surface area contributed by atoms with Crippen LogP contribution in [0.4, 0.5) is 5.69 Å². The number of sulfonamides is 1. The van der Waals surface area contributed by atoms with E-state index in [0.717, 1.165) is 9.87 Å². The first-order valence-electron chi connectivity index (χ1n) is 9.42. The molecule has 0 unspecified atom stereocenters. The SMILES string of the molecule is CCOc1ccc(N(C(=O)CCc2ccccc2)S(=O)(=O)c2ccccc2)cc1. The average Bonchev–Trinajstić information content (AvgIpc) is 2.75. The van der Waals surface area contributed by atoms with E-state index in [2.05, 4.69) is 0 Å². The summed E-state index contributed by atoms with van der Waals surface area (Å²) in [6.45, 7) is 2.37. The summed E-state index contributed by atoms with van der Waals surface area (Å²) in [5.41, 5.74) is 1.26. The van der Waals surface area contributed by atoms with Crippen molar-refractivity contribution < 1.29 is 17.9 Å². The van der Waals surface area contributed by atoms with Crippen molar-refractivity contribution in [3.8, 4) is 5.75 Å². The number of hydrogen-bond acceptors (Lipinski definition) is 4. The lowest BCUT2D eigenvalue weighted by Gasteiger charge is -2.23. The van der Waals surface area contributed by atoms with Crippen molar-refractivity contribution in [2.75, 3.05) is 10.9 Å². The lowest BCUT2D eigenvalue weighted by Crippen LogP contribution is -2.37. The molecule has 0 aliphatic carbocycles. The van der Waals surface area contributed by atoms with Crippen LogP contribution >= 0.6 is 0 Å². The normalized spacial score (nSPS) is 11.1. The Bertz CT molecular complexity index is 1030. The third-order valence-electron chi connectivity index (χ3n) is 4.36. The molecule has 29 heavy (non-hydrogen) atoms. The number of hydrogen-bond donors (Lipinski definition) is 0.